The number of methoxy groups -OCH3 is 8. The van der Waals surface area contributed by atoms with Crippen molar-refractivity contribution < 1.29 is 137 Å². The fourth-order valence-electron chi connectivity index (χ4n) is 8.91. The van der Waals surface area contributed by atoms with Crippen molar-refractivity contribution in [2.24, 2.45) is 0 Å². The number of halogens is 9. The monoisotopic (exact) mass is 1470 g/mol. The van der Waals surface area contributed by atoms with Gasteiger partial charge in [0.25, 0.3) is 0 Å². The standard InChI is InChI=1S/C26H21NO7.C19H19NO6.C18H17NO4.3C2HF3O2/c1-32-18-8-3-15(4-9-18)22(28)14-34-26(31)17-7-12-20-21(13-17)27-23(25(30)24(20)29)16-5-10-19(33-2)11-6-16;1-23-10-5-6-11(14(7-10)24-2)17-19(22)18(21)12-8-15(25-3)16(26-4)9-13(12)20-17;1-10-6-4-5-7-11(10)16-18(21)17(20)12-8-14(22-2)15(23-3)9-13(12)19-16;3*3-2(4,5)1(6)7/h3-13,30H,14H2,1-2H3,(H,27,29);5-9,22H,1-4H3,(H,20,21);4-9,21H,1-3H3,(H,19,20);3*(H,6,7). The average Bonchev–Trinajstić information content (AvgIpc) is 0.490. The number of aryl methyl sites for hydroxylation is 1. The molecular formula is C69H60F9N3O23. The number of carboxylic acids is 3. The number of Topliss-reactive ketones (excluding diaryl/α,β-unsaturated/α-hetero) is 1. The number of H-pyrrole nitrogens is 3. The van der Waals surface area contributed by atoms with E-state index in [2.05, 4.69) is 15.0 Å². The summed E-state index contributed by atoms with van der Waals surface area (Å²) in [6, 6.07) is 36.6. The number of fused-ring (bicyclic) bond motifs is 3. The third kappa shape index (κ3) is 20.5. The molecule has 0 aliphatic carbocycles. The molecule has 7 aromatic carbocycles. The quantitative estimate of drug-likeness (QED) is 0.0261. The Kier molecular flexibility index (Phi) is 27.7. The second-order valence-electron chi connectivity index (χ2n) is 20.5. The number of ether oxygens (including phenoxy) is 9. The molecule has 0 aliphatic rings. The lowest BCUT2D eigenvalue weighted by molar-refractivity contribution is -0.193. The van der Waals surface area contributed by atoms with Crippen LogP contribution in [-0.4, -0.2) is 157 Å². The highest BCUT2D eigenvalue weighted by Crippen LogP contribution is 2.39. The molecule has 0 saturated carbocycles. The fourth-order valence-corrected chi connectivity index (χ4v) is 8.91. The van der Waals surface area contributed by atoms with E-state index in [0.717, 1.165) is 11.1 Å². The van der Waals surface area contributed by atoms with E-state index in [1.165, 1.54) is 74.0 Å². The second kappa shape index (κ2) is 35.3. The second-order valence-corrected chi connectivity index (χ2v) is 20.5. The lowest BCUT2D eigenvalue weighted by Crippen LogP contribution is -2.21. The molecule has 0 bridgehead atoms. The average molecular weight is 1470 g/mol. The van der Waals surface area contributed by atoms with Crippen LogP contribution in [-0.2, 0) is 19.1 Å². The van der Waals surface area contributed by atoms with Crippen molar-refractivity contribution in [3.63, 3.8) is 0 Å². The van der Waals surface area contributed by atoms with Gasteiger partial charge in [0.1, 0.15) is 23.0 Å². The molecule has 10 aromatic rings. The summed E-state index contributed by atoms with van der Waals surface area (Å²) in [5.74, 6) is -6.40. The lowest BCUT2D eigenvalue weighted by atomic mass is 10.0. The van der Waals surface area contributed by atoms with Crippen LogP contribution in [0.2, 0.25) is 0 Å². The zero-order chi connectivity index (χ0) is 77.9. The molecule has 0 aliphatic heterocycles. The summed E-state index contributed by atoms with van der Waals surface area (Å²) < 4.78 is 142. The van der Waals surface area contributed by atoms with E-state index in [4.69, 9.17) is 72.3 Å². The molecule has 0 saturated heterocycles. The molecule has 9 N–H and O–H groups in total. The zero-order valence-corrected chi connectivity index (χ0v) is 55.4. The highest BCUT2D eigenvalue weighted by atomic mass is 19.4. The van der Waals surface area contributed by atoms with Crippen LogP contribution in [0, 0.1) is 6.92 Å². The van der Waals surface area contributed by atoms with Crippen LogP contribution in [0.3, 0.4) is 0 Å². The van der Waals surface area contributed by atoms with Gasteiger partial charge in [0, 0.05) is 45.8 Å². The van der Waals surface area contributed by atoms with Gasteiger partial charge in [-0.2, -0.15) is 39.5 Å². The number of carboxylic acid groups (broad SMARTS) is 3. The maximum absolute atomic E-state index is 12.7. The number of ketones is 1. The first kappa shape index (κ1) is 81.6. The van der Waals surface area contributed by atoms with Crippen molar-refractivity contribution in [1.29, 1.82) is 0 Å². The Balaban J connectivity index is 0.000000249. The SMILES string of the molecule is COc1cc2[nH]c(-c3ccccc3C)c(O)c(=O)c2cc1OC.COc1ccc(-c2[nH]c3cc(OC)c(OC)cc3c(=O)c2O)c(OC)c1.COc1ccc(C(=O)COC(=O)c2ccc3c(=O)c(O)c(-c4ccc(OC)cc4)[nH]c3c2)cc1.O=C(O)C(F)(F)F.O=C(O)C(F)(F)F.O=C(O)C(F)(F)F. The highest BCUT2D eigenvalue weighted by molar-refractivity contribution is 6.01. The number of carbonyl (C=O) groups is 5. The Bertz CT molecular complexity index is 4900. The number of benzene rings is 7. The van der Waals surface area contributed by atoms with E-state index in [-0.39, 0.29) is 39.3 Å². The number of aromatic amines is 3. The molecule has 0 atom stereocenters. The molecule has 0 fully saturated rings. The number of rotatable bonds is 15. The van der Waals surface area contributed by atoms with Crippen LogP contribution < -0.4 is 54.2 Å². The molecule has 26 nitrogen and oxygen atoms in total. The molecule has 3 aromatic heterocycles. The van der Waals surface area contributed by atoms with Crippen LogP contribution in [0.1, 0.15) is 26.3 Å². The van der Waals surface area contributed by atoms with Crippen molar-refractivity contribution >= 4 is 62.4 Å². The fraction of sp³-hybridized carbons (Fsp3) is 0.188. The number of alkyl halides is 9. The molecule has 0 amide bonds. The van der Waals surface area contributed by atoms with Crippen molar-refractivity contribution in [2.75, 3.05) is 63.5 Å². The first-order valence-electron chi connectivity index (χ1n) is 28.9. The van der Waals surface area contributed by atoms with Gasteiger partial charge >= 0.3 is 42.4 Å². The van der Waals surface area contributed by atoms with Crippen molar-refractivity contribution in [1.82, 2.24) is 15.0 Å². The molecule has 10 rings (SSSR count). The van der Waals surface area contributed by atoms with Gasteiger partial charge in [-0.05, 0) is 103 Å². The molecule has 104 heavy (non-hydrogen) atoms. The summed E-state index contributed by atoms with van der Waals surface area (Å²) >= 11 is 0. The number of hydrogen-bond acceptors (Lipinski definition) is 20. The van der Waals surface area contributed by atoms with Crippen molar-refractivity contribution in [3.05, 3.63) is 181 Å². The molecular weight excluding hydrogens is 1410 g/mol. The van der Waals surface area contributed by atoms with Crippen molar-refractivity contribution in [2.45, 2.75) is 25.5 Å². The summed E-state index contributed by atoms with van der Waals surface area (Å²) in [5.41, 5.74) is 4.08. The minimum atomic E-state index is -5.08. The number of aliphatic carboxylic acids is 3. The lowest BCUT2D eigenvalue weighted by Gasteiger charge is -2.14. The predicted octanol–water partition coefficient (Wildman–Crippen LogP) is 12.0. The molecule has 0 spiro atoms. The minimum Gasteiger partial charge on any atom is -0.503 e. The minimum absolute atomic E-state index is 0.150. The Morgan fingerprint density at radius 1 is 0.385 bits per heavy atom. The van der Waals surface area contributed by atoms with Gasteiger partial charge < -0.3 is 88.2 Å². The molecule has 0 unspecified atom stereocenters. The van der Waals surface area contributed by atoms with Gasteiger partial charge in [-0.3, -0.25) is 19.2 Å². The first-order valence-corrected chi connectivity index (χ1v) is 28.9. The number of hydrogen-bond donors (Lipinski definition) is 9. The highest BCUT2D eigenvalue weighted by Gasteiger charge is 2.39. The topological polar surface area (TPSA) is 388 Å². The number of aromatic nitrogens is 3. The van der Waals surface area contributed by atoms with Gasteiger partial charge in [0.05, 0.1) is 107 Å². The molecule has 35 heteroatoms. The Morgan fingerprint density at radius 3 is 1.15 bits per heavy atom. The summed E-state index contributed by atoms with van der Waals surface area (Å²) in [6.45, 7) is 1.48. The Hall–Kier alpha value is -13.1. The van der Waals surface area contributed by atoms with Gasteiger partial charge in [0.15, 0.2) is 52.6 Å². The summed E-state index contributed by atoms with van der Waals surface area (Å²) in [6.07, 6.45) is -15.3. The number of aromatic hydroxyl groups is 3. The van der Waals surface area contributed by atoms with Gasteiger partial charge in [-0.1, -0.05) is 24.3 Å². The smallest absolute Gasteiger partial charge is 0.490 e. The van der Waals surface area contributed by atoms with E-state index in [9.17, 15) is 78.8 Å². The van der Waals surface area contributed by atoms with E-state index < -0.39 is 76.8 Å². The normalized spacial score (nSPS) is 10.8. The van der Waals surface area contributed by atoms with Crippen molar-refractivity contribution in [3.8, 4) is 97.0 Å². The Labute approximate surface area is 579 Å². The molecule has 552 valence electrons. The number of esters is 1. The number of carbonyl (C=O) groups excluding carboxylic acids is 2. The van der Waals surface area contributed by atoms with Crippen LogP contribution in [0.15, 0.2) is 148 Å². The van der Waals surface area contributed by atoms with E-state index in [1.54, 1.807) is 92.0 Å². The predicted molar refractivity (Wildman–Crippen MR) is 354 cm³/mol. The number of pyridine rings is 3. The van der Waals surface area contributed by atoms with Crippen LogP contribution in [0.5, 0.6) is 63.2 Å². The maximum atomic E-state index is 12.7. The van der Waals surface area contributed by atoms with Crippen LogP contribution in [0.4, 0.5) is 39.5 Å². The zero-order valence-electron chi connectivity index (χ0n) is 55.4. The number of nitrogens with one attached hydrogen (secondary N) is 3. The van der Waals surface area contributed by atoms with Gasteiger partial charge in [-0.25, -0.2) is 19.2 Å². The summed E-state index contributed by atoms with van der Waals surface area (Å²) in [4.78, 5) is 98.7. The summed E-state index contributed by atoms with van der Waals surface area (Å²) in [7, 11) is 12.1. The maximum Gasteiger partial charge on any atom is 0.490 e. The third-order valence-corrected chi connectivity index (χ3v) is 14.1. The third-order valence-electron chi connectivity index (χ3n) is 14.1. The largest absolute Gasteiger partial charge is 0.503 e. The van der Waals surface area contributed by atoms with Gasteiger partial charge in [-0.15, -0.1) is 0 Å². The van der Waals surface area contributed by atoms with Gasteiger partial charge in [0.2, 0.25) is 16.3 Å². The van der Waals surface area contributed by atoms with E-state index >= 15 is 0 Å². The molecule has 3 heterocycles. The van der Waals surface area contributed by atoms with E-state index in [0.29, 0.717) is 90.3 Å². The first-order chi connectivity index (χ1) is 48.8. The summed E-state index contributed by atoms with van der Waals surface area (Å²) in [5, 5.41) is 53.5. The van der Waals surface area contributed by atoms with E-state index in [1.807, 2.05) is 31.2 Å². The molecule has 0 radical (unpaired) electrons. The Morgan fingerprint density at radius 2 is 0.740 bits per heavy atom. The van der Waals surface area contributed by atoms with Crippen LogP contribution in [0.25, 0.3) is 66.5 Å². The van der Waals surface area contributed by atoms with Crippen LogP contribution >= 0.6 is 0 Å².